The Morgan fingerprint density at radius 1 is 1.26 bits per heavy atom. The van der Waals surface area contributed by atoms with Gasteiger partial charge in [0.2, 0.25) is 11.9 Å². The highest BCUT2D eigenvalue weighted by molar-refractivity contribution is 6.41. The lowest BCUT2D eigenvalue weighted by molar-refractivity contribution is -0.117. The van der Waals surface area contributed by atoms with Crippen LogP contribution in [-0.2, 0) is 9.53 Å². The van der Waals surface area contributed by atoms with Gasteiger partial charge in [-0.3, -0.25) is 14.2 Å². The average Bonchev–Trinajstić information content (AvgIpc) is 3.34. The normalized spacial score (nSPS) is 17.7. The van der Waals surface area contributed by atoms with Crippen molar-refractivity contribution in [3.8, 4) is 22.6 Å². The van der Waals surface area contributed by atoms with Crippen LogP contribution >= 0.6 is 23.2 Å². The van der Waals surface area contributed by atoms with E-state index in [-0.39, 0.29) is 75.5 Å². The summed E-state index contributed by atoms with van der Waals surface area (Å²) in [5.74, 6) is 0.176. The number of carbonyl (C=O) groups excluding carboxylic acids is 1. The molecule has 1 aromatic carbocycles. The number of aromatic nitrogens is 3. The molecule has 0 radical (unpaired) electrons. The van der Waals surface area contributed by atoms with Crippen LogP contribution in [0.25, 0.3) is 22.2 Å². The predicted octanol–water partition coefficient (Wildman–Crippen LogP) is 1.75. The summed E-state index contributed by atoms with van der Waals surface area (Å²) < 4.78 is 17.0. The molecular weight excluding hydrogens is 541 g/mol. The zero-order valence-corrected chi connectivity index (χ0v) is 21.9. The van der Waals surface area contributed by atoms with Gasteiger partial charge < -0.3 is 35.1 Å². The van der Waals surface area contributed by atoms with E-state index in [1.807, 2.05) is 0 Å². The van der Waals surface area contributed by atoms with Crippen LogP contribution in [0.4, 0.5) is 5.95 Å². The predicted molar refractivity (Wildman–Crippen MR) is 141 cm³/mol. The van der Waals surface area contributed by atoms with Crippen LogP contribution < -0.4 is 25.7 Å². The number of aliphatic hydroxyl groups excluding tert-OH is 2. The third-order valence-electron chi connectivity index (χ3n) is 5.99. The van der Waals surface area contributed by atoms with E-state index in [1.54, 1.807) is 0 Å². The largest absolute Gasteiger partial charge is 0.495 e. The second-order valence-corrected chi connectivity index (χ2v) is 9.02. The molecule has 3 atom stereocenters. The molecule has 4 rings (SSSR count). The number of pyridine rings is 1. The molecule has 3 aromatic rings. The number of aliphatic hydroxyl groups is 2. The number of carbonyl (C=O) groups is 1. The first-order chi connectivity index (χ1) is 18.2. The first-order valence-electron chi connectivity index (χ1n) is 11.3. The van der Waals surface area contributed by atoms with Crippen LogP contribution in [0.1, 0.15) is 6.23 Å². The van der Waals surface area contributed by atoms with Crippen molar-refractivity contribution in [3.05, 3.63) is 51.4 Å². The van der Waals surface area contributed by atoms with Gasteiger partial charge in [0.25, 0.3) is 5.56 Å². The highest BCUT2D eigenvalue weighted by Crippen LogP contribution is 2.45. The molecule has 1 amide bonds. The first kappa shape index (κ1) is 27.6. The Bertz CT molecular complexity index is 1420. The maximum Gasteiger partial charge on any atom is 0.262 e. The van der Waals surface area contributed by atoms with Crippen molar-refractivity contribution >= 4 is 46.1 Å². The molecule has 1 fully saturated rings. The van der Waals surface area contributed by atoms with E-state index in [2.05, 4.69) is 27.2 Å². The number of benzene rings is 1. The third kappa shape index (κ3) is 5.13. The minimum atomic E-state index is -1.65. The molecule has 4 N–H and O–H groups in total. The molecule has 1 saturated heterocycles. The molecule has 14 heteroatoms. The molecule has 0 aliphatic carbocycles. The number of hydrogen-bond acceptors (Lipinski definition) is 10. The van der Waals surface area contributed by atoms with Gasteiger partial charge in [-0.25, -0.2) is 4.98 Å². The summed E-state index contributed by atoms with van der Waals surface area (Å²) in [6.45, 7) is 3.20. The van der Waals surface area contributed by atoms with Gasteiger partial charge in [-0.1, -0.05) is 29.8 Å². The molecular formula is C24H25Cl2N5O7. The molecule has 3 heterocycles. The molecule has 202 valence electrons. The Hall–Kier alpha value is -3.42. The fourth-order valence-corrected chi connectivity index (χ4v) is 4.80. The number of anilines is 1. The van der Waals surface area contributed by atoms with E-state index < -0.39 is 18.4 Å². The van der Waals surface area contributed by atoms with Gasteiger partial charge in [0.15, 0.2) is 11.9 Å². The zero-order valence-electron chi connectivity index (χ0n) is 20.4. The molecule has 12 nitrogen and oxygen atoms in total. The molecule has 2 aromatic heterocycles. The van der Waals surface area contributed by atoms with Gasteiger partial charge >= 0.3 is 0 Å². The molecule has 0 spiro atoms. The lowest BCUT2D eigenvalue weighted by Crippen LogP contribution is -2.45. The van der Waals surface area contributed by atoms with Gasteiger partial charge in [0.05, 0.1) is 61.7 Å². The van der Waals surface area contributed by atoms with E-state index in [9.17, 15) is 19.8 Å². The highest BCUT2D eigenvalue weighted by Gasteiger charge is 2.30. The van der Waals surface area contributed by atoms with Crippen molar-refractivity contribution in [2.75, 3.05) is 39.4 Å². The summed E-state index contributed by atoms with van der Waals surface area (Å²) in [5.41, 5.74) is -0.590. The molecule has 1 aliphatic heterocycles. The molecule has 1 aliphatic rings. The number of methoxy groups -OCH3 is 2. The fraction of sp³-hybridized carbons (Fsp3) is 0.333. The number of hydrogen-bond donors (Lipinski definition) is 4. The number of nitrogens with one attached hydrogen (secondary N) is 2. The van der Waals surface area contributed by atoms with Crippen molar-refractivity contribution in [2.24, 2.45) is 0 Å². The van der Waals surface area contributed by atoms with Crippen LogP contribution in [0.5, 0.6) is 11.5 Å². The van der Waals surface area contributed by atoms with Crippen LogP contribution in [-0.4, -0.2) is 76.8 Å². The van der Waals surface area contributed by atoms with Crippen LogP contribution in [0, 0.1) is 0 Å². The standard InChI is InChI=1S/C24H25Cl2N5O7/c1-4-17(33)28-13-9-38-10-14(13)29-24-27-7-11-5-12(23(35)31(18(34)8-32)22(11)30-24)19-20(25)15(36-2)6-16(37-3)21(19)26/h4-7,13-14,18,32,34H,1,8-10H2,2-3H3,(H,28,33)(H,27,29,30)/t13-,14+,18?/m0/s1. The zero-order chi connectivity index (χ0) is 27.6. The second-order valence-electron chi connectivity index (χ2n) is 8.26. The molecule has 38 heavy (non-hydrogen) atoms. The maximum absolute atomic E-state index is 13.7. The average molecular weight is 566 g/mol. The molecule has 0 bridgehead atoms. The number of nitrogens with zero attached hydrogens (tertiary/aromatic N) is 3. The van der Waals surface area contributed by atoms with E-state index in [1.165, 1.54) is 32.5 Å². The van der Waals surface area contributed by atoms with E-state index >= 15 is 0 Å². The number of halogens is 2. The van der Waals surface area contributed by atoms with Gasteiger partial charge in [-0.15, -0.1) is 0 Å². The molecule has 1 unspecified atom stereocenters. The Balaban J connectivity index is 1.85. The SMILES string of the molecule is C=CC(=O)N[C@H]1COC[C@H]1Nc1ncc2cc(-c3c(Cl)c(OC)cc(OC)c3Cl)c(=O)n(C(O)CO)c2n1. The fourth-order valence-electron chi connectivity index (χ4n) is 4.10. The Kier molecular flexibility index (Phi) is 8.38. The summed E-state index contributed by atoms with van der Waals surface area (Å²) in [6.07, 6.45) is 0.943. The van der Waals surface area contributed by atoms with Crippen molar-refractivity contribution in [1.29, 1.82) is 0 Å². The van der Waals surface area contributed by atoms with Gasteiger partial charge in [-0.2, -0.15) is 4.98 Å². The van der Waals surface area contributed by atoms with Crippen LogP contribution in [0.15, 0.2) is 35.8 Å². The van der Waals surface area contributed by atoms with Crippen LogP contribution in [0.2, 0.25) is 10.0 Å². The highest BCUT2D eigenvalue weighted by atomic mass is 35.5. The minimum Gasteiger partial charge on any atom is -0.495 e. The Morgan fingerprint density at radius 3 is 2.53 bits per heavy atom. The van der Waals surface area contributed by atoms with Crippen LogP contribution in [0.3, 0.4) is 0 Å². The smallest absolute Gasteiger partial charge is 0.262 e. The van der Waals surface area contributed by atoms with E-state index in [4.69, 9.17) is 37.4 Å². The number of fused-ring (bicyclic) bond motifs is 1. The van der Waals surface area contributed by atoms with Crippen molar-refractivity contribution < 1.29 is 29.2 Å². The number of rotatable bonds is 9. The summed E-state index contributed by atoms with van der Waals surface area (Å²) in [6, 6.07) is 2.20. The second kappa shape index (κ2) is 11.5. The topological polar surface area (TPSA) is 157 Å². The monoisotopic (exact) mass is 565 g/mol. The summed E-state index contributed by atoms with van der Waals surface area (Å²) in [4.78, 5) is 34.2. The molecule has 0 saturated carbocycles. The first-order valence-corrected chi connectivity index (χ1v) is 12.1. The lowest BCUT2D eigenvalue weighted by Gasteiger charge is -2.21. The van der Waals surface area contributed by atoms with E-state index in [0.717, 1.165) is 10.6 Å². The number of ether oxygens (including phenoxy) is 3. The Labute approximate surface area is 226 Å². The number of amides is 1. The van der Waals surface area contributed by atoms with Gasteiger partial charge in [-0.05, 0) is 12.1 Å². The summed E-state index contributed by atoms with van der Waals surface area (Å²) in [5, 5.41) is 26.6. The Morgan fingerprint density at radius 2 is 1.92 bits per heavy atom. The summed E-state index contributed by atoms with van der Waals surface area (Å²) in [7, 11) is 2.80. The minimum absolute atomic E-state index is 0.00194. The van der Waals surface area contributed by atoms with Crippen molar-refractivity contribution in [2.45, 2.75) is 18.3 Å². The third-order valence-corrected chi connectivity index (χ3v) is 6.74. The maximum atomic E-state index is 13.7. The van der Waals surface area contributed by atoms with Gasteiger partial charge in [0, 0.05) is 23.2 Å². The summed E-state index contributed by atoms with van der Waals surface area (Å²) >= 11 is 13.1. The van der Waals surface area contributed by atoms with Crippen molar-refractivity contribution in [1.82, 2.24) is 19.9 Å². The van der Waals surface area contributed by atoms with Gasteiger partial charge in [0.1, 0.15) is 11.5 Å². The quantitative estimate of drug-likeness (QED) is 0.282. The van der Waals surface area contributed by atoms with Crippen molar-refractivity contribution in [3.63, 3.8) is 0 Å². The lowest BCUT2D eigenvalue weighted by atomic mass is 10.0. The van der Waals surface area contributed by atoms with E-state index in [0.29, 0.717) is 5.39 Å².